The lowest BCUT2D eigenvalue weighted by Crippen LogP contribution is -2.51. The molecule has 0 aliphatic rings. The van der Waals surface area contributed by atoms with Gasteiger partial charge in [0.25, 0.3) is 5.69 Å². The number of benzene rings is 1. The molecule has 0 aliphatic heterocycles. The molecule has 100 valence electrons. The molecule has 0 spiro atoms. The lowest BCUT2D eigenvalue weighted by molar-refractivity contribution is -0.385. The zero-order valence-corrected chi connectivity index (χ0v) is 11.4. The molecule has 1 aromatic rings. The molecule has 0 fully saturated rings. The molecule has 5 heteroatoms. The Balaban J connectivity index is 3.07. The number of nitro benzene ring substituents is 1. The summed E-state index contributed by atoms with van der Waals surface area (Å²) in [6, 6.07) is 4.96. The van der Waals surface area contributed by atoms with E-state index in [4.69, 9.17) is 0 Å². The van der Waals surface area contributed by atoms with E-state index in [1.807, 2.05) is 13.8 Å². The van der Waals surface area contributed by atoms with Gasteiger partial charge < -0.3 is 10.4 Å². The Morgan fingerprint density at radius 1 is 1.28 bits per heavy atom. The standard InChI is InChI=1S/C13H20N2O3/c1-9-6-7-10(8-11(9)15(17)18)14-12(2,3)13(4,5)16/h6-8,14,16H,1-5H3. The Kier molecular flexibility index (Phi) is 3.67. The van der Waals surface area contributed by atoms with E-state index >= 15 is 0 Å². The molecular weight excluding hydrogens is 232 g/mol. The van der Waals surface area contributed by atoms with Crippen molar-refractivity contribution in [1.82, 2.24) is 0 Å². The van der Waals surface area contributed by atoms with Crippen LogP contribution in [0.25, 0.3) is 0 Å². The first-order valence-corrected chi connectivity index (χ1v) is 5.80. The zero-order chi connectivity index (χ0) is 14.1. The van der Waals surface area contributed by atoms with Gasteiger partial charge in [0, 0.05) is 17.3 Å². The van der Waals surface area contributed by atoms with Gasteiger partial charge in [-0.3, -0.25) is 10.1 Å². The van der Waals surface area contributed by atoms with Crippen molar-refractivity contribution >= 4 is 11.4 Å². The fourth-order valence-corrected chi connectivity index (χ4v) is 1.40. The van der Waals surface area contributed by atoms with E-state index in [1.165, 1.54) is 6.07 Å². The van der Waals surface area contributed by atoms with E-state index in [0.29, 0.717) is 11.3 Å². The van der Waals surface area contributed by atoms with Crippen molar-refractivity contribution in [3.8, 4) is 0 Å². The zero-order valence-electron chi connectivity index (χ0n) is 11.4. The molecule has 0 saturated heterocycles. The molecular formula is C13H20N2O3. The molecule has 0 atom stereocenters. The number of hydrogen-bond donors (Lipinski definition) is 2. The normalized spacial score (nSPS) is 12.3. The van der Waals surface area contributed by atoms with Crippen molar-refractivity contribution in [2.45, 2.75) is 45.8 Å². The van der Waals surface area contributed by atoms with Gasteiger partial charge in [-0.25, -0.2) is 0 Å². The lowest BCUT2D eigenvalue weighted by atomic mass is 9.85. The van der Waals surface area contributed by atoms with Crippen molar-refractivity contribution in [2.75, 3.05) is 5.32 Å². The van der Waals surface area contributed by atoms with Crippen LogP contribution in [0.15, 0.2) is 18.2 Å². The van der Waals surface area contributed by atoms with Gasteiger partial charge >= 0.3 is 0 Å². The maximum Gasteiger partial charge on any atom is 0.274 e. The Labute approximate surface area is 107 Å². The number of aryl methyl sites for hydroxylation is 1. The predicted molar refractivity (Wildman–Crippen MR) is 71.8 cm³/mol. The van der Waals surface area contributed by atoms with Crippen LogP contribution >= 0.6 is 0 Å². The van der Waals surface area contributed by atoms with Gasteiger partial charge in [0.05, 0.1) is 16.1 Å². The van der Waals surface area contributed by atoms with Gasteiger partial charge in [-0.2, -0.15) is 0 Å². The minimum absolute atomic E-state index is 0.0755. The maximum atomic E-state index is 10.9. The van der Waals surface area contributed by atoms with Crippen LogP contribution in [0.3, 0.4) is 0 Å². The van der Waals surface area contributed by atoms with Gasteiger partial charge in [0.15, 0.2) is 0 Å². The smallest absolute Gasteiger partial charge is 0.274 e. The van der Waals surface area contributed by atoms with E-state index in [0.717, 1.165) is 0 Å². The molecule has 1 aromatic carbocycles. The second kappa shape index (κ2) is 4.57. The molecule has 18 heavy (non-hydrogen) atoms. The average Bonchev–Trinajstić information content (AvgIpc) is 2.18. The third-order valence-electron chi connectivity index (χ3n) is 3.39. The largest absolute Gasteiger partial charge is 0.388 e. The average molecular weight is 252 g/mol. The number of anilines is 1. The molecule has 0 bridgehead atoms. The number of rotatable bonds is 4. The fourth-order valence-electron chi connectivity index (χ4n) is 1.40. The summed E-state index contributed by atoms with van der Waals surface area (Å²) >= 11 is 0. The highest BCUT2D eigenvalue weighted by Gasteiger charge is 2.35. The van der Waals surface area contributed by atoms with Crippen LogP contribution in [0.1, 0.15) is 33.3 Å². The van der Waals surface area contributed by atoms with Crippen molar-refractivity contribution in [1.29, 1.82) is 0 Å². The number of nitro groups is 1. The summed E-state index contributed by atoms with van der Waals surface area (Å²) in [7, 11) is 0. The quantitative estimate of drug-likeness (QED) is 0.638. The van der Waals surface area contributed by atoms with Gasteiger partial charge in [0.1, 0.15) is 0 Å². The van der Waals surface area contributed by atoms with Gasteiger partial charge in [-0.1, -0.05) is 6.07 Å². The summed E-state index contributed by atoms with van der Waals surface area (Å²) in [5.41, 5.74) is -0.236. The van der Waals surface area contributed by atoms with Gasteiger partial charge in [-0.05, 0) is 40.7 Å². The monoisotopic (exact) mass is 252 g/mol. The number of nitrogens with zero attached hydrogens (tertiary/aromatic N) is 1. The summed E-state index contributed by atoms with van der Waals surface area (Å²) in [5.74, 6) is 0. The van der Waals surface area contributed by atoms with E-state index in [9.17, 15) is 15.2 Å². The Morgan fingerprint density at radius 3 is 2.28 bits per heavy atom. The molecule has 5 nitrogen and oxygen atoms in total. The van der Waals surface area contributed by atoms with Crippen molar-refractivity contribution in [2.24, 2.45) is 0 Å². The topological polar surface area (TPSA) is 75.4 Å². The highest BCUT2D eigenvalue weighted by atomic mass is 16.6. The van der Waals surface area contributed by atoms with Crippen LogP contribution in [0, 0.1) is 17.0 Å². The number of hydrogen-bond acceptors (Lipinski definition) is 4. The SMILES string of the molecule is Cc1ccc(NC(C)(C)C(C)(C)O)cc1[N+](=O)[O-]. The van der Waals surface area contributed by atoms with Crippen LogP contribution in [0.5, 0.6) is 0 Å². The molecule has 0 unspecified atom stereocenters. The van der Waals surface area contributed by atoms with E-state index in [-0.39, 0.29) is 5.69 Å². The summed E-state index contributed by atoms with van der Waals surface area (Å²) < 4.78 is 0. The number of nitrogens with one attached hydrogen (secondary N) is 1. The Morgan fingerprint density at radius 2 is 1.83 bits per heavy atom. The first kappa shape index (κ1) is 14.4. The minimum atomic E-state index is -0.952. The second-order valence-corrected chi connectivity index (χ2v) is 5.57. The van der Waals surface area contributed by atoms with Crippen molar-refractivity contribution < 1.29 is 10.0 Å². The van der Waals surface area contributed by atoms with Crippen molar-refractivity contribution in [3.63, 3.8) is 0 Å². The van der Waals surface area contributed by atoms with Crippen molar-refractivity contribution in [3.05, 3.63) is 33.9 Å². The van der Waals surface area contributed by atoms with E-state index < -0.39 is 16.1 Å². The molecule has 0 saturated carbocycles. The van der Waals surface area contributed by atoms with Crippen LogP contribution < -0.4 is 5.32 Å². The second-order valence-electron chi connectivity index (χ2n) is 5.57. The summed E-state index contributed by atoms with van der Waals surface area (Å²) in [5, 5.41) is 24.0. The summed E-state index contributed by atoms with van der Waals surface area (Å²) in [6.45, 7) is 8.78. The summed E-state index contributed by atoms with van der Waals surface area (Å²) in [6.07, 6.45) is 0. The molecule has 1 rings (SSSR count). The molecule has 0 heterocycles. The van der Waals surface area contributed by atoms with E-state index in [1.54, 1.807) is 32.9 Å². The van der Waals surface area contributed by atoms with Crippen LogP contribution in [-0.4, -0.2) is 21.2 Å². The third kappa shape index (κ3) is 2.98. The molecule has 0 aliphatic carbocycles. The molecule has 0 amide bonds. The van der Waals surface area contributed by atoms with Crippen LogP contribution in [0.2, 0.25) is 0 Å². The Hall–Kier alpha value is -1.62. The van der Waals surface area contributed by atoms with Gasteiger partial charge in [-0.15, -0.1) is 0 Å². The highest BCUT2D eigenvalue weighted by molar-refractivity contribution is 5.56. The van der Waals surface area contributed by atoms with Gasteiger partial charge in [0.2, 0.25) is 0 Å². The first-order chi connectivity index (χ1) is 8.04. The van der Waals surface area contributed by atoms with Crippen LogP contribution in [0.4, 0.5) is 11.4 Å². The highest BCUT2D eigenvalue weighted by Crippen LogP contribution is 2.29. The maximum absolute atomic E-state index is 10.9. The van der Waals surface area contributed by atoms with E-state index in [2.05, 4.69) is 5.32 Å². The lowest BCUT2D eigenvalue weighted by Gasteiger charge is -2.38. The minimum Gasteiger partial charge on any atom is -0.388 e. The third-order valence-corrected chi connectivity index (χ3v) is 3.39. The molecule has 0 aromatic heterocycles. The predicted octanol–water partition coefficient (Wildman–Crippen LogP) is 2.86. The number of aliphatic hydroxyl groups is 1. The summed E-state index contributed by atoms with van der Waals surface area (Å²) in [4.78, 5) is 10.5. The fraction of sp³-hybridized carbons (Fsp3) is 0.538. The molecule has 0 radical (unpaired) electrons. The Bertz CT molecular complexity index is 462. The van der Waals surface area contributed by atoms with Crippen LogP contribution in [-0.2, 0) is 0 Å². The first-order valence-electron chi connectivity index (χ1n) is 5.80. The molecule has 2 N–H and O–H groups in total.